The third-order valence-corrected chi connectivity index (χ3v) is 3.73. The van der Waals surface area contributed by atoms with Gasteiger partial charge in [-0.05, 0) is 44.1 Å². The van der Waals surface area contributed by atoms with Gasteiger partial charge in [0.05, 0.1) is 0 Å². The second-order valence-electron chi connectivity index (χ2n) is 4.92. The Morgan fingerprint density at radius 3 is 2.45 bits per heavy atom. The Hall–Kier alpha value is -1.63. The monoisotopic (exact) mass is 343 g/mol. The maximum Gasteiger partial charge on any atom is 0.252 e. The highest BCUT2D eigenvalue weighted by Gasteiger charge is 2.41. The van der Waals surface area contributed by atoms with E-state index in [1.165, 1.54) is 0 Å². The van der Waals surface area contributed by atoms with E-state index in [0.29, 0.717) is 0 Å². The van der Waals surface area contributed by atoms with Crippen LogP contribution in [-0.4, -0.2) is 33.8 Å². The molecule has 1 fully saturated rings. The number of carbonyl (C=O) groups excluding carboxylic acids is 1. The topological polar surface area (TPSA) is 71.8 Å². The van der Waals surface area contributed by atoms with Crippen molar-refractivity contribution in [1.29, 1.82) is 0 Å². The number of aromatic nitrogens is 3. The molecule has 1 aliphatic heterocycles. The summed E-state index contributed by atoms with van der Waals surface area (Å²) in [6.45, 7) is 1.62. The number of anilines is 1. The van der Waals surface area contributed by atoms with Gasteiger partial charge in [0.2, 0.25) is 0 Å². The maximum atomic E-state index is 12.8. The molecule has 1 aliphatic rings. The molecule has 8 heteroatoms. The second-order valence-corrected chi connectivity index (χ2v) is 4.92. The number of nitrogens with one attached hydrogen (secondary N) is 2. The summed E-state index contributed by atoms with van der Waals surface area (Å²) in [4.78, 5) is 16.7. The van der Waals surface area contributed by atoms with Gasteiger partial charge in [-0.1, -0.05) is 0 Å². The van der Waals surface area contributed by atoms with Crippen molar-refractivity contribution in [2.24, 2.45) is 0 Å². The van der Waals surface area contributed by atoms with Crippen molar-refractivity contribution in [2.45, 2.75) is 18.4 Å². The van der Waals surface area contributed by atoms with Crippen molar-refractivity contribution in [2.75, 3.05) is 18.4 Å². The fourth-order valence-corrected chi connectivity index (χ4v) is 2.61. The lowest BCUT2D eigenvalue weighted by atomic mass is 9.87. The number of hydrogen-bond donors (Lipinski definition) is 2. The summed E-state index contributed by atoms with van der Waals surface area (Å²) in [6, 6.07) is 5.43. The molecule has 0 spiro atoms. The van der Waals surface area contributed by atoms with Crippen molar-refractivity contribution in [3.05, 3.63) is 43.0 Å². The first-order valence-electron chi connectivity index (χ1n) is 6.74. The molecule has 0 saturated carbocycles. The molecule has 2 aromatic heterocycles. The molecule has 2 N–H and O–H groups in total. The molecule has 0 unspecified atom stereocenters. The lowest BCUT2D eigenvalue weighted by Gasteiger charge is -2.36. The molecule has 1 saturated heterocycles. The molecule has 22 heavy (non-hydrogen) atoms. The van der Waals surface area contributed by atoms with Crippen molar-refractivity contribution in [1.82, 2.24) is 20.1 Å². The van der Waals surface area contributed by atoms with E-state index in [-0.39, 0.29) is 30.7 Å². The van der Waals surface area contributed by atoms with Crippen LogP contribution in [0.3, 0.4) is 0 Å². The van der Waals surface area contributed by atoms with Gasteiger partial charge < -0.3 is 10.6 Å². The molecule has 0 aliphatic carbocycles. The first kappa shape index (κ1) is 18.4. The quantitative estimate of drug-likeness (QED) is 0.891. The summed E-state index contributed by atoms with van der Waals surface area (Å²) >= 11 is 0. The van der Waals surface area contributed by atoms with Crippen molar-refractivity contribution < 1.29 is 4.79 Å². The number of rotatable bonds is 3. The number of carbonyl (C=O) groups is 1. The molecular formula is C14H19Cl2N5O. The molecular weight excluding hydrogens is 325 g/mol. The predicted octanol–water partition coefficient (Wildman–Crippen LogP) is 1.84. The van der Waals surface area contributed by atoms with Gasteiger partial charge in [-0.3, -0.25) is 14.5 Å². The average molecular weight is 344 g/mol. The smallest absolute Gasteiger partial charge is 0.252 e. The number of piperidine rings is 1. The van der Waals surface area contributed by atoms with E-state index in [9.17, 15) is 4.79 Å². The van der Waals surface area contributed by atoms with Crippen LogP contribution in [-0.2, 0) is 10.3 Å². The van der Waals surface area contributed by atoms with Gasteiger partial charge in [-0.15, -0.1) is 24.8 Å². The average Bonchev–Trinajstić information content (AvgIpc) is 3.04. The van der Waals surface area contributed by atoms with Gasteiger partial charge in [0.25, 0.3) is 5.91 Å². The first-order valence-corrected chi connectivity index (χ1v) is 6.74. The summed E-state index contributed by atoms with van der Waals surface area (Å²) in [7, 11) is 0. The molecule has 1 amide bonds. The van der Waals surface area contributed by atoms with Gasteiger partial charge in [-0.25, -0.2) is 0 Å². The Kier molecular flexibility index (Phi) is 6.80. The fraction of sp³-hybridized carbons (Fsp3) is 0.357. The Bertz CT molecular complexity index is 570. The number of amides is 1. The maximum absolute atomic E-state index is 12.8. The normalized spacial score (nSPS) is 16.0. The van der Waals surface area contributed by atoms with Crippen LogP contribution in [0.5, 0.6) is 0 Å². The molecule has 0 radical (unpaired) electrons. The summed E-state index contributed by atoms with van der Waals surface area (Å²) in [5, 5.41) is 10.6. The molecule has 3 rings (SSSR count). The zero-order valence-electron chi connectivity index (χ0n) is 11.9. The second kappa shape index (κ2) is 8.12. The van der Waals surface area contributed by atoms with Gasteiger partial charge in [0, 0.05) is 30.5 Å². The molecule has 120 valence electrons. The van der Waals surface area contributed by atoms with Crippen LogP contribution in [0.1, 0.15) is 12.8 Å². The zero-order chi connectivity index (χ0) is 13.8. The molecule has 0 bridgehead atoms. The summed E-state index contributed by atoms with van der Waals surface area (Å²) in [5.41, 5.74) is 0.146. The molecule has 0 aromatic carbocycles. The standard InChI is InChI=1S/C14H17N5O.2ClH/c20-13(18-12-2-7-15-8-3-12)14(4-9-16-10-5-14)19-11-1-6-17-19;;/h1-3,6-8,11,16H,4-5,9-10H2,(H,15,18,20);2*1H. The molecule has 6 nitrogen and oxygen atoms in total. The minimum absolute atomic E-state index is 0. The number of hydrogen-bond acceptors (Lipinski definition) is 4. The van der Waals surface area contributed by atoms with E-state index in [1.807, 2.05) is 12.3 Å². The summed E-state index contributed by atoms with van der Waals surface area (Å²) in [6.07, 6.45) is 8.36. The van der Waals surface area contributed by atoms with Crippen molar-refractivity contribution in [3.8, 4) is 0 Å². The van der Waals surface area contributed by atoms with Crippen LogP contribution < -0.4 is 10.6 Å². The third kappa shape index (κ3) is 3.58. The van der Waals surface area contributed by atoms with Crippen LogP contribution in [0.2, 0.25) is 0 Å². The largest absolute Gasteiger partial charge is 0.324 e. The van der Waals surface area contributed by atoms with E-state index < -0.39 is 5.54 Å². The zero-order valence-corrected chi connectivity index (χ0v) is 13.6. The molecule has 3 heterocycles. The van der Waals surface area contributed by atoms with Gasteiger partial charge in [0.15, 0.2) is 0 Å². The highest BCUT2D eigenvalue weighted by molar-refractivity contribution is 5.96. The first-order chi connectivity index (χ1) is 9.81. The minimum atomic E-state index is -0.613. The Labute approximate surface area is 141 Å². The fourth-order valence-electron chi connectivity index (χ4n) is 2.61. The predicted molar refractivity (Wildman–Crippen MR) is 89.7 cm³/mol. The lowest BCUT2D eigenvalue weighted by Crippen LogP contribution is -2.52. The summed E-state index contributed by atoms with van der Waals surface area (Å²) < 4.78 is 1.78. The van der Waals surface area contributed by atoms with Crippen LogP contribution in [0.25, 0.3) is 0 Å². The van der Waals surface area contributed by atoms with Gasteiger partial charge in [-0.2, -0.15) is 5.10 Å². The van der Waals surface area contributed by atoms with E-state index in [4.69, 9.17) is 0 Å². The Balaban J connectivity index is 0.00000121. The molecule has 0 atom stereocenters. The SMILES string of the molecule is Cl.Cl.O=C(Nc1ccncc1)C1(n2cccn2)CCNCC1. The Morgan fingerprint density at radius 1 is 1.18 bits per heavy atom. The Morgan fingerprint density at radius 2 is 1.86 bits per heavy atom. The third-order valence-electron chi connectivity index (χ3n) is 3.73. The van der Waals surface area contributed by atoms with E-state index in [0.717, 1.165) is 31.6 Å². The van der Waals surface area contributed by atoms with E-state index in [1.54, 1.807) is 35.4 Å². The number of pyridine rings is 1. The lowest BCUT2D eigenvalue weighted by molar-refractivity contribution is -0.126. The summed E-state index contributed by atoms with van der Waals surface area (Å²) in [5.74, 6) is -0.0195. The number of nitrogens with zero attached hydrogens (tertiary/aromatic N) is 3. The highest BCUT2D eigenvalue weighted by atomic mass is 35.5. The van der Waals surface area contributed by atoms with Crippen LogP contribution >= 0.6 is 24.8 Å². The van der Waals surface area contributed by atoms with E-state index >= 15 is 0 Å². The minimum Gasteiger partial charge on any atom is -0.324 e. The van der Waals surface area contributed by atoms with Crippen molar-refractivity contribution in [3.63, 3.8) is 0 Å². The van der Waals surface area contributed by atoms with Crippen molar-refractivity contribution >= 4 is 36.4 Å². The van der Waals surface area contributed by atoms with Gasteiger partial charge >= 0.3 is 0 Å². The highest BCUT2D eigenvalue weighted by Crippen LogP contribution is 2.28. The van der Waals surface area contributed by atoms with Crippen LogP contribution in [0.4, 0.5) is 5.69 Å². The van der Waals surface area contributed by atoms with Gasteiger partial charge in [0.1, 0.15) is 5.54 Å². The number of halogens is 2. The van der Waals surface area contributed by atoms with Crippen LogP contribution in [0.15, 0.2) is 43.0 Å². The molecule has 2 aromatic rings. The van der Waals surface area contributed by atoms with E-state index in [2.05, 4.69) is 20.7 Å². The van der Waals surface area contributed by atoms with Crippen LogP contribution in [0, 0.1) is 0 Å².